The third-order valence-electron chi connectivity index (χ3n) is 6.48. The van der Waals surface area contributed by atoms with E-state index < -0.39 is 0 Å². The van der Waals surface area contributed by atoms with Crippen molar-refractivity contribution in [2.24, 2.45) is 11.8 Å². The summed E-state index contributed by atoms with van der Waals surface area (Å²) in [5.41, 5.74) is 2.37. The average molecular weight is 403 g/mol. The van der Waals surface area contributed by atoms with E-state index in [1.807, 2.05) is 30.4 Å². The number of hydrogen-bond donors (Lipinski definition) is 0. The van der Waals surface area contributed by atoms with Gasteiger partial charge in [-0.3, -0.25) is 24.4 Å². The van der Waals surface area contributed by atoms with Crippen LogP contribution in [0.1, 0.15) is 12.1 Å². The van der Waals surface area contributed by atoms with Crippen LogP contribution in [0.3, 0.4) is 0 Å². The number of rotatable bonds is 3. The van der Waals surface area contributed by atoms with E-state index in [1.165, 1.54) is 17.0 Å². The van der Waals surface area contributed by atoms with Crippen LogP contribution in [0.15, 0.2) is 60.8 Å². The van der Waals surface area contributed by atoms with Gasteiger partial charge in [0.2, 0.25) is 11.8 Å². The minimum atomic E-state index is -0.338. The molecule has 0 aliphatic carbocycles. The zero-order valence-corrected chi connectivity index (χ0v) is 16.6. The van der Waals surface area contributed by atoms with Crippen LogP contribution >= 0.6 is 0 Å². The van der Waals surface area contributed by atoms with Gasteiger partial charge in [-0.1, -0.05) is 36.4 Å². The molecule has 3 aliphatic heterocycles. The fraction of sp³-hybridized carbons (Fsp3) is 0.292. The van der Waals surface area contributed by atoms with Gasteiger partial charge in [-0.15, -0.1) is 0 Å². The fourth-order valence-corrected chi connectivity index (χ4v) is 5.00. The predicted octanol–water partition coefficient (Wildman–Crippen LogP) is 3.14. The van der Waals surface area contributed by atoms with Crippen molar-refractivity contribution in [3.8, 4) is 11.1 Å². The van der Waals surface area contributed by atoms with E-state index >= 15 is 0 Å². The number of amides is 2. The Morgan fingerprint density at radius 2 is 1.90 bits per heavy atom. The molecule has 30 heavy (non-hydrogen) atoms. The van der Waals surface area contributed by atoms with Crippen LogP contribution in [0.25, 0.3) is 17.2 Å². The molecule has 4 heterocycles. The lowest BCUT2D eigenvalue weighted by molar-refractivity contribution is -0.139. The van der Waals surface area contributed by atoms with E-state index in [0.717, 1.165) is 29.8 Å². The van der Waals surface area contributed by atoms with Gasteiger partial charge in [0.15, 0.2) is 0 Å². The molecule has 5 nitrogen and oxygen atoms in total. The predicted molar refractivity (Wildman–Crippen MR) is 111 cm³/mol. The molecule has 5 rings (SSSR count). The maximum absolute atomic E-state index is 13.5. The Labute approximate surface area is 174 Å². The largest absolute Gasteiger partial charge is 0.288 e. The SMILES string of the molecule is CN1C(=O)C2C(C1=O)C1CC=CCN1C2/C=C/c1ccc(-c2cccc(F)c2)cn1. The molecule has 0 spiro atoms. The molecule has 152 valence electrons. The molecule has 1 aromatic heterocycles. The molecule has 2 aromatic rings. The van der Waals surface area contributed by atoms with Crippen LogP contribution in [-0.2, 0) is 9.59 Å². The third kappa shape index (κ3) is 2.99. The van der Waals surface area contributed by atoms with Crippen molar-refractivity contribution in [2.45, 2.75) is 18.5 Å². The Balaban J connectivity index is 1.41. The number of hydrogen-bond acceptors (Lipinski definition) is 4. The van der Waals surface area contributed by atoms with Gasteiger partial charge in [0.25, 0.3) is 0 Å². The normalized spacial score (nSPS) is 28.4. The highest BCUT2D eigenvalue weighted by Gasteiger charge is 2.60. The second kappa shape index (κ2) is 7.29. The molecule has 4 unspecified atom stereocenters. The van der Waals surface area contributed by atoms with E-state index in [9.17, 15) is 14.0 Å². The molecule has 3 aliphatic rings. The quantitative estimate of drug-likeness (QED) is 0.584. The first kappa shape index (κ1) is 18.9. The molecule has 2 saturated heterocycles. The smallest absolute Gasteiger partial charge is 0.234 e. The molecule has 4 atom stereocenters. The monoisotopic (exact) mass is 403 g/mol. The highest BCUT2D eigenvalue weighted by Crippen LogP contribution is 2.45. The minimum absolute atomic E-state index is 0.0660. The van der Waals surface area contributed by atoms with Gasteiger partial charge in [0, 0.05) is 37.4 Å². The maximum Gasteiger partial charge on any atom is 0.234 e. The highest BCUT2D eigenvalue weighted by atomic mass is 19.1. The van der Waals surface area contributed by atoms with Crippen molar-refractivity contribution in [1.29, 1.82) is 0 Å². The van der Waals surface area contributed by atoms with Crippen molar-refractivity contribution in [3.63, 3.8) is 0 Å². The zero-order valence-electron chi connectivity index (χ0n) is 16.6. The first-order valence-corrected chi connectivity index (χ1v) is 10.2. The summed E-state index contributed by atoms with van der Waals surface area (Å²) >= 11 is 0. The molecular formula is C24H22FN3O2. The molecule has 0 radical (unpaired) electrons. The summed E-state index contributed by atoms with van der Waals surface area (Å²) in [7, 11) is 1.58. The standard InChI is InChI=1S/C24H22FN3O2/c1-27-23(29)21-19-7-2-3-12-28(19)20(22(21)24(27)30)11-10-18-9-8-16(14-26-18)15-5-4-6-17(25)13-15/h2-6,8-11,13-14,19-22H,7,12H2,1H3/b11-10+. The highest BCUT2D eigenvalue weighted by molar-refractivity contribution is 6.06. The van der Waals surface area contributed by atoms with Gasteiger partial charge >= 0.3 is 0 Å². The van der Waals surface area contributed by atoms with Crippen molar-refractivity contribution >= 4 is 17.9 Å². The van der Waals surface area contributed by atoms with Gasteiger partial charge in [-0.25, -0.2) is 4.39 Å². The van der Waals surface area contributed by atoms with Crippen LogP contribution in [0, 0.1) is 17.7 Å². The molecule has 0 N–H and O–H groups in total. The lowest BCUT2D eigenvalue weighted by Gasteiger charge is -2.32. The van der Waals surface area contributed by atoms with Crippen LogP contribution in [-0.4, -0.2) is 52.3 Å². The molecule has 0 bridgehead atoms. The number of halogens is 1. The summed E-state index contributed by atoms with van der Waals surface area (Å²) in [6.45, 7) is 0.739. The second-order valence-corrected chi connectivity index (χ2v) is 8.09. The molecule has 0 saturated carbocycles. The van der Waals surface area contributed by atoms with E-state index in [0.29, 0.717) is 0 Å². The Hall–Kier alpha value is -3.12. The first-order valence-electron chi connectivity index (χ1n) is 10.2. The van der Waals surface area contributed by atoms with E-state index in [4.69, 9.17) is 0 Å². The summed E-state index contributed by atoms with van der Waals surface area (Å²) in [4.78, 5) is 33.5. The lowest BCUT2D eigenvalue weighted by atomic mass is 9.88. The van der Waals surface area contributed by atoms with Gasteiger partial charge in [-0.05, 0) is 36.3 Å². The number of fused-ring (bicyclic) bond motifs is 3. The van der Waals surface area contributed by atoms with Gasteiger partial charge in [0.1, 0.15) is 5.82 Å². The molecule has 6 heteroatoms. The lowest BCUT2D eigenvalue weighted by Crippen LogP contribution is -2.44. The van der Waals surface area contributed by atoms with Crippen molar-refractivity contribution in [2.75, 3.05) is 13.6 Å². The maximum atomic E-state index is 13.5. The number of carbonyl (C=O) groups excluding carboxylic acids is 2. The Morgan fingerprint density at radius 3 is 2.67 bits per heavy atom. The summed E-state index contributed by atoms with van der Waals surface area (Å²) in [6.07, 6.45) is 10.6. The Bertz CT molecular complexity index is 1060. The summed E-state index contributed by atoms with van der Waals surface area (Å²) in [5, 5.41) is 0. The fourth-order valence-electron chi connectivity index (χ4n) is 5.00. The van der Waals surface area contributed by atoms with Crippen molar-refractivity contribution < 1.29 is 14.0 Å². The topological polar surface area (TPSA) is 53.5 Å². The number of benzene rings is 1. The summed E-state index contributed by atoms with van der Waals surface area (Å²) in [6, 6.07) is 10.1. The van der Waals surface area contributed by atoms with Gasteiger partial charge in [-0.2, -0.15) is 0 Å². The number of nitrogens with zero attached hydrogens (tertiary/aromatic N) is 3. The van der Waals surface area contributed by atoms with E-state index in [2.05, 4.69) is 22.0 Å². The average Bonchev–Trinajstić information content (AvgIpc) is 3.21. The van der Waals surface area contributed by atoms with Crippen LogP contribution in [0.4, 0.5) is 4.39 Å². The van der Waals surface area contributed by atoms with Gasteiger partial charge < -0.3 is 0 Å². The van der Waals surface area contributed by atoms with Crippen molar-refractivity contribution in [1.82, 2.24) is 14.8 Å². The van der Waals surface area contributed by atoms with Gasteiger partial charge in [0.05, 0.1) is 17.5 Å². The third-order valence-corrected chi connectivity index (χ3v) is 6.48. The number of imide groups is 1. The molecule has 2 amide bonds. The summed E-state index contributed by atoms with van der Waals surface area (Å²) in [5.74, 6) is -1.05. The van der Waals surface area contributed by atoms with Crippen LogP contribution in [0.2, 0.25) is 0 Å². The molecule has 1 aromatic carbocycles. The Kier molecular flexibility index (Phi) is 4.59. The summed E-state index contributed by atoms with van der Waals surface area (Å²) < 4.78 is 13.5. The van der Waals surface area contributed by atoms with Crippen molar-refractivity contribution in [3.05, 3.63) is 72.3 Å². The minimum Gasteiger partial charge on any atom is -0.288 e. The van der Waals surface area contributed by atoms with E-state index in [1.54, 1.807) is 19.3 Å². The first-order chi connectivity index (χ1) is 14.5. The number of aromatic nitrogens is 1. The Morgan fingerprint density at radius 1 is 1.07 bits per heavy atom. The number of pyridine rings is 1. The number of likely N-dealkylation sites (tertiary alicyclic amines) is 1. The van der Waals surface area contributed by atoms with Crippen LogP contribution in [0.5, 0.6) is 0 Å². The van der Waals surface area contributed by atoms with Crippen LogP contribution < -0.4 is 0 Å². The molecular weight excluding hydrogens is 381 g/mol. The molecule has 2 fully saturated rings. The van der Waals surface area contributed by atoms with E-state index in [-0.39, 0.29) is 41.6 Å². The number of carbonyl (C=O) groups is 2. The zero-order chi connectivity index (χ0) is 20.8. The second-order valence-electron chi connectivity index (χ2n) is 8.09.